The molecule has 0 aromatic carbocycles. The van der Waals surface area contributed by atoms with E-state index in [-0.39, 0.29) is 21.5 Å². The van der Waals surface area contributed by atoms with Gasteiger partial charge in [0.15, 0.2) is 5.03 Å². The minimum atomic E-state index is -3.69. The van der Waals surface area contributed by atoms with E-state index in [0.717, 1.165) is 32.1 Å². The normalized spacial score (nSPS) is 25.2. The van der Waals surface area contributed by atoms with Crippen molar-refractivity contribution in [2.75, 3.05) is 0 Å². The molecule has 2 atom stereocenters. The van der Waals surface area contributed by atoms with Crippen molar-refractivity contribution in [1.29, 1.82) is 0 Å². The zero-order valence-corrected chi connectivity index (χ0v) is 13.0. The number of hydrogen-bond donors (Lipinski definition) is 1. The van der Waals surface area contributed by atoms with Crippen molar-refractivity contribution >= 4 is 33.2 Å². The van der Waals surface area contributed by atoms with Crippen molar-refractivity contribution in [3.05, 3.63) is 11.2 Å². The van der Waals surface area contributed by atoms with Gasteiger partial charge < -0.3 is 0 Å². The molecule has 0 aliphatic heterocycles. The highest BCUT2D eigenvalue weighted by atomic mass is 35.5. The van der Waals surface area contributed by atoms with E-state index in [0.29, 0.717) is 0 Å². The second kappa shape index (κ2) is 5.99. The summed E-state index contributed by atoms with van der Waals surface area (Å²) in [4.78, 5) is 0. The Hall–Kier alpha value is -0.300. The summed E-state index contributed by atoms with van der Waals surface area (Å²) in [6.07, 6.45) is 6.01. The number of aryl methyl sites for hydroxylation is 1. The molecule has 1 aromatic heterocycles. The van der Waals surface area contributed by atoms with Gasteiger partial charge >= 0.3 is 0 Å². The van der Waals surface area contributed by atoms with Gasteiger partial charge in [-0.2, -0.15) is 5.10 Å². The van der Waals surface area contributed by atoms with Crippen molar-refractivity contribution in [2.45, 2.75) is 48.5 Å². The van der Waals surface area contributed by atoms with Crippen molar-refractivity contribution in [2.24, 2.45) is 7.05 Å². The lowest BCUT2D eigenvalue weighted by Crippen LogP contribution is -2.41. The lowest BCUT2D eigenvalue weighted by atomic mass is 10.1. The molecule has 1 fully saturated rings. The van der Waals surface area contributed by atoms with E-state index < -0.39 is 10.0 Å². The molecular weight excluding hydrogens is 309 g/mol. The number of hydrogen-bond acceptors (Lipinski definition) is 3. The van der Waals surface area contributed by atoms with Crippen LogP contribution in [0.5, 0.6) is 0 Å². The average molecular weight is 326 g/mol. The standard InChI is InChI=1S/C11H17Cl2N3O2S/c1-16-11(9(13)7-14-16)19(17,18)15-10-6-4-2-3-5-8(10)12/h7-8,10,15H,2-6H2,1H3. The highest BCUT2D eigenvalue weighted by Gasteiger charge is 2.30. The first-order chi connectivity index (χ1) is 8.92. The molecule has 1 saturated carbocycles. The average Bonchev–Trinajstić information content (AvgIpc) is 2.54. The van der Waals surface area contributed by atoms with Gasteiger partial charge in [0.2, 0.25) is 0 Å². The van der Waals surface area contributed by atoms with Crippen LogP contribution in [-0.4, -0.2) is 29.6 Å². The Balaban J connectivity index is 2.21. The van der Waals surface area contributed by atoms with Gasteiger partial charge in [0, 0.05) is 18.5 Å². The number of sulfonamides is 1. The van der Waals surface area contributed by atoms with Gasteiger partial charge in [0.05, 0.1) is 11.2 Å². The molecule has 1 heterocycles. The molecule has 0 saturated heterocycles. The molecule has 2 unspecified atom stereocenters. The van der Waals surface area contributed by atoms with Gasteiger partial charge in [-0.05, 0) is 12.8 Å². The number of nitrogens with zero attached hydrogens (tertiary/aromatic N) is 2. The molecule has 108 valence electrons. The van der Waals surface area contributed by atoms with Crippen molar-refractivity contribution < 1.29 is 8.42 Å². The Morgan fingerprint density at radius 1 is 1.37 bits per heavy atom. The van der Waals surface area contributed by atoms with Crippen LogP contribution in [-0.2, 0) is 17.1 Å². The molecule has 19 heavy (non-hydrogen) atoms. The zero-order valence-electron chi connectivity index (χ0n) is 10.6. The zero-order chi connectivity index (χ0) is 14.0. The third kappa shape index (κ3) is 3.42. The fraction of sp³-hybridized carbons (Fsp3) is 0.727. The van der Waals surface area contributed by atoms with E-state index in [1.165, 1.54) is 10.9 Å². The number of aromatic nitrogens is 2. The van der Waals surface area contributed by atoms with Crippen LogP contribution in [0.1, 0.15) is 32.1 Å². The first-order valence-electron chi connectivity index (χ1n) is 6.25. The molecule has 5 nitrogen and oxygen atoms in total. The second-order valence-corrected chi connectivity index (χ2v) is 7.40. The maximum atomic E-state index is 12.3. The first-order valence-corrected chi connectivity index (χ1v) is 8.55. The van der Waals surface area contributed by atoms with Crippen LogP contribution in [0.25, 0.3) is 0 Å². The topological polar surface area (TPSA) is 64.0 Å². The van der Waals surface area contributed by atoms with Gasteiger partial charge in [0.25, 0.3) is 10.0 Å². The quantitative estimate of drug-likeness (QED) is 0.685. The maximum absolute atomic E-state index is 12.3. The van der Waals surface area contributed by atoms with Crippen LogP contribution in [0, 0.1) is 0 Å². The summed E-state index contributed by atoms with van der Waals surface area (Å²) in [5.41, 5.74) is 0. The number of alkyl halides is 1. The van der Waals surface area contributed by atoms with E-state index in [2.05, 4.69) is 9.82 Å². The fourth-order valence-corrected chi connectivity index (χ4v) is 4.74. The molecule has 0 spiro atoms. The summed E-state index contributed by atoms with van der Waals surface area (Å²) in [6, 6.07) is -0.250. The van der Waals surface area contributed by atoms with Crippen LogP contribution in [0.2, 0.25) is 5.02 Å². The van der Waals surface area contributed by atoms with E-state index in [9.17, 15) is 8.42 Å². The summed E-state index contributed by atoms with van der Waals surface area (Å²) >= 11 is 12.1. The minimum absolute atomic E-state index is 0.0118. The van der Waals surface area contributed by atoms with E-state index in [1.807, 2.05) is 0 Å². The lowest BCUT2D eigenvalue weighted by Gasteiger charge is -2.21. The molecule has 8 heteroatoms. The van der Waals surface area contributed by atoms with Gasteiger partial charge in [-0.25, -0.2) is 13.1 Å². The Kier molecular flexibility index (Phi) is 4.76. The second-order valence-electron chi connectivity index (χ2n) is 4.80. The first kappa shape index (κ1) is 15.1. The summed E-state index contributed by atoms with van der Waals surface area (Å²) < 4.78 is 28.6. The highest BCUT2D eigenvalue weighted by Crippen LogP contribution is 2.25. The van der Waals surface area contributed by atoms with Crippen LogP contribution in [0.4, 0.5) is 0 Å². The molecule has 0 amide bonds. The van der Waals surface area contributed by atoms with Crippen LogP contribution >= 0.6 is 23.2 Å². The lowest BCUT2D eigenvalue weighted by molar-refractivity contribution is 0.506. The summed E-state index contributed by atoms with van der Waals surface area (Å²) in [7, 11) is -2.15. The summed E-state index contributed by atoms with van der Waals surface area (Å²) in [5.74, 6) is 0. The molecule has 1 aliphatic carbocycles. The van der Waals surface area contributed by atoms with Crippen molar-refractivity contribution in [1.82, 2.24) is 14.5 Å². The monoisotopic (exact) mass is 325 g/mol. The highest BCUT2D eigenvalue weighted by molar-refractivity contribution is 7.89. The van der Waals surface area contributed by atoms with Crippen molar-refractivity contribution in [3.8, 4) is 0 Å². The van der Waals surface area contributed by atoms with E-state index in [1.54, 1.807) is 7.05 Å². The summed E-state index contributed by atoms with van der Waals surface area (Å²) in [5, 5.41) is 3.78. The molecular formula is C11H17Cl2N3O2S. The number of rotatable bonds is 3. The van der Waals surface area contributed by atoms with Gasteiger partial charge in [-0.3, -0.25) is 4.68 Å². The fourth-order valence-electron chi connectivity index (χ4n) is 2.35. The maximum Gasteiger partial charge on any atom is 0.259 e. The van der Waals surface area contributed by atoms with Gasteiger partial charge in [0.1, 0.15) is 0 Å². The Morgan fingerprint density at radius 3 is 2.68 bits per heavy atom. The smallest absolute Gasteiger partial charge is 0.255 e. The Morgan fingerprint density at radius 2 is 2.05 bits per heavy atom. The van der Waals surface area contributed by atoms with Crippen molar-refractivity contribution in [3.63, 3.8) is 0 Å². The van der Waals surface area contributed by atoms with Crippen LogP contribution in [0.15, 0.2) is 11.2 Å². The predicted octanol–water partition coefficient (Wildman–Crippen LogP) is 2.29. The largest absolute Gasteiger partial charge is 0.259 e. The third-order valence-electron chi connectivity index (χ3n) is 3.34. The Labute approximate surface area is 123 Å². The van der Waals surface area contributed by atoms with Gasteiger partial charge in [-0.15, -0.1) is 11.6 Å². The Bertz CT molecular complexity index is 525. The number of nitrogens with one attached hydrogen (secondary N) is 1. The molecule has 0 bridgehead atoms. The SMILES string of the molecule is Cn1ncc(Cl)c1S(=O)(=O)NC1CCCCCC1Cl. The van der Waals surface area contributed by atoms with Crippen LogP contribution < -0.4 is 4.72 Å². The predicted molar refractivity (Wildman–Crippen MR) is 75.1 cm³/mol. The van der Waals surface area contributed by atoms with Gasteiger partial charge in [-0.1, -0.05) is 30.9 Å². The molecule has 1 aliphatic rings. The molecule has 2 rings (SSSR count). The van der Waals surface area contributed by atoms with E-state index in [4.69, 9.17) is 23.2 Å². The molecule has 0 radical (unpaired) electrons. The van der Waals surface area contributed by atoms with E-state index >= 15 is 0 Å². The third-order valence-corrected chi connectivity index (χ3v) is 5.85. The molecule has 1 aromatic rings. The summed E-state index contributed by atoms with van der Waals surface area (Å²) in [6.45, 7) is 0. The minimum Gasteiger partial charge on any atom is -0.255 e. The molecule has 1 N–H and O–H groups in total. The van der Waals surface area contributed by atoms with Crippen LogP contribution in [0.3, 0.4) is 0 Å². The number of halogens is 2.